The van der Waals surface area contributed by atoms with Gasteiger partial charge in [0.1, 0.15) is 6.04 Å². The van der Waals surface area contributed by atoms with Crippen LogP contribution >= 0.6 is 0 Å². The van der Waals surface area contributed by atoms with Gasteiger partial charge in [-0.2, -0.15) is 0 Å². The summed E-state index contributed by atoms with van der Waals surface area (Å²) in [7, 11) is 0. The van der Waals surface area contributed by atoms with Crippen LogP contribution in [0.3, 0.4) is 0 Å². The van der Waals surface area contributed by atoms with E-state index in [0.717, 1.165) is 19.3 Å². The molecule has 4 nitrogen and oxygen atoms in total. The van der Waals surface area contributed by atoms with Crippen molar-refractivity contribution in [2.75, 3.05) is 0 Å². The monoisotopic (exact) mass is 239 g/mol. The number of aliphatic carboxylic acids is 1. The van der Waals surface area contributed by atoms with Crippen molar-refractivity contribution in [2.45, 2.75) is 45.6 Å². The molecular weight excluding hydrogens is 218 g/mol. The number of nitrogens with one attached hydrogen (secondary N) is 1. The number of amides is 1. The molecule has 1 rings (SSSR count). The average molecular weight is 239 g/mol. The Kier molecular flexibility index (Phi) is 4.32. The second kappa shape index (κ2) is 5.34. The van der Waals surface area contributed by atoms with E-state index in [1.54, 1.807) is 0 Å². The second-order valence-electron chi connectivity index (χ2n) is 5.36. The summed E-state index contributed by atoms with van der Waals surface area (Å²) in [5, 5.41) is 11.6. The van der Waals surface area contributed by atoms with Gasteiger partial charge in [0.05, 0.1) is 0 Å². The number of hydrogen-bond acceptors (Lipinski definition) is 2. The summed E-state index contributed by atoms with van der Waals surface area (Å²) >= 11 is 0. The number of carbonyl (C=O) groups is 2. The van der Waals surface area contributed by atoms with Gasteiger partial charge in [-0.25, -0.2) is 4.79 Å². The van der Waals surface area contributed by atoms with Crippen LogP contribution in [0.1, 0.15) is 39.5 Å². The summed E-state index contributed by atoms with van der Waals surface area (Å²) in [5.41, 5.74) is -0.0265. The Labute approximate surface area is 102 Å². The molecule has 1 fully saturated rings. The fraction of sp³-hybridized carbons (Fsp3) is 0.692. The van der Waals surface area contributed by atoms with Crippen LogP contribution in [0.15, 0.2) is 12.7 Å². The molecule has 0 radical (unpaired) electrons. The molecule has 1 saturated carbocycles. The third-order valence-electron chi connectivity index (χ3n) is 3.59. The maximum Gasteiger partial charge on any atom is 0.326 e. The van der Waals surface area contributed by atoms with Gasteiger partial charge < -0.3 is 10.4 Å². The third-order valence-corrected chi connectivity index (χ3v) is 3.59. The Bertz CT molecular complexity index is 323. The lowest BCUT2D eigenvalue weighted by Crippen LogP contribution is -2.45. The van der Waals surface area contributed by atoms with E-state index in [-0.39, 0.29) is 23.7 Å². The molecule has 0 heterocycles. The van der Waals surface area contributed by atoms with Gasteiger partial charge in [-0.3, -0.25) is 4.79 Å². The molecule has 1 aliphatic rings. The minimum Gasteiger partial charge on any atom is -0.480 e. The molecule has 4 heteroatoms. The van der Waals surface area contributed by atoms with Crippen molar-refractivity contribution in [3.8, 4) is 0 Å². The smallest absolute Gasteiger partial charge is 0.326 e. The van der Waals surface area contributed by atoms with Gasteiger partial charge in [-0.05, 0) is 24.7 Å². The van der Waals surface area contributed by atoms with Crippen LogP contribution in [-0.4, -0.2) is 23.0 Å². The van der Waals surface area contributed by atoms with E-state index in [1.165, 1.54) is 6.08 Å². The molecule has 0 spiro atoms. The Balaban J connectivity index is 2.64. The summed E-state index contributed by atoms with van der Waals surface area (Å²) in [5.74, 6) is -1.22. The summed E-state index contributed by atoms with van der Waals surface area (Å²) < 4.78 is 0. The van der Waals surface area contributed by atoms with E-state index >= 15 is 0 Å². The summed E-state index contributed by atoms with van der Waals surface area (Å²) in [6.45, 7) is 7.63. The molecule has 0 aliphatic heterocycles. The molecule has 2 N–H and O–H groups in total. The molecule has 0 saturated heterocycles. The third kappa shape index (κ3) is 3.32. The maximum atomic E-state index is 12.0. The van der Waals surface area contributed by atoms with Crippen LogP contribution < -0.4 is 5.32 Å². The molecule has 0 aromatic heterocycles. The van der Waals surface area contributed by atoms with E-state index in [4.69, 9.17) is 5.11 Å². The maximum absolute atomic E-state index is 12.0. The zero-order valence-corrected chi connectivity index (χ0v) is 10.5. The molecule has 96 valence electrons. The first-order chi connectivity index (χ1) is 7.88. The van der Waals surface area contributed by atoms with Crippen molar-refractivity contribution in [1.29, 1.82) is 0 Å². The highest BCUT2D eigenvalue weighted by Gasteiger charge is 2.40. The zero-order valence-electron chi connectivity index (χ0n) is 10.5. The first kappa shape index (κ1) is 13.7. The van der Waals surface area contributed by atoms with Crippen LogP contribution in [0.2, 0.25) is 0 Å². The number of carbonyl (C=O) groups excluding carboxylic acids is 1. The topological polar surface area (TPSA) is 66.4 Å². The standard InChI is InChI=1S/C13H21NO3/c1-4-6-10(12(16)17)14-11(15)9-7-5-8-13(9,2)3/h4,9-10H,1,5-8H2,2-3H3,(H,14,15)(H,16,17). The van der Waals surface area contributed by atoms with Crippen molar-refractivity contribution in [3.05, 3.63) is 12.7 Å². The second-order valence-corrected chi connectivity index (χ2v) is 5.36. The summed E-state index contributed by atoms with van der Waals surface area (Å²) in [6.07, 6.45) is 4.67. The fourth-order valence-electron chi connectivity index (χ4n) is 2.47. The van der Waals surface area contributed by atoms with Gasteiger partial charge in [0.25, 0.3) is 0 Å². The van der Waals surface area contributed by atoms with Gasteiger partial charge in [-0.15, -0.1) is 6.58 Å². The molecule has 1 aliphatic carbocycles. The lowest BCUT2D eigenvalue weighted by Gasteiger charge is -2.27. The predicted molar refractivity (Wildman–Crippen MR) is 65.5 cm³/mol. The van der Waals surface area contributed by atoms with Crippen LogP contribution in [0, 0.1) is 11.3 Å². The highest BCUT2D eigenvalue weighted by molar-refractivity contribution is 5.85. The van der Waals surface area contributed by atoms with Crippen LogP contribution in [0.25, 0.3) is 0 Å². The largest absolute Gasteiger partial charge is 0.480 e. The highest BCUT2D eigenvalue weighted by Crippen LogP contribution is 2.42. The first-order valence-electron chi connectivity index (χ1n) is 6.02. The first-order valence-corrected chi connectivity index (χ1v) is 6.02. The van der Waals surface area contributed by atoms with Gasteiger partial charge >= 0.3 is 5.97 Å². The average Bonchev–Trinajstić information content (AvgIpc) is 2.57. The molecule has 17 heavy (non-hydrogen) atoms. The number of carboxylic acids is 1. The minimum atomic E-state index is -1.01. The Morgan fingerprint density at radius 1 is 1.59 bits per heavy atom. The van der Waals surface area contributed by atoms with Gasteiger partial charge in [0.15, 0.2) is 0 Å². The van der Waals surface area contributed by atoms with Crippen molar-refractivity contribution >= 4 is 11.9 Å². The molecule has 0 aromatic carbocycles. The quantitative estimate of drug-likeness (QED) is 0.721. The minimum absolute atomic E-state index is 0.0265. The Morgan fingerprint density at radius 3 is 2.65 bits per heavy atom. The van der Waals surface area contributed by atoms with Crippen LogP contribution in [0.5, 0.6) is 0 Å². The predicted octanol–water partition coefficient (Wildman–Crippen LogP) is 1.96. The molecule has 2 unspecified atom stereocenters. The number of carboxylic acid groups (broad SMARTS) is 1. The van der Waals surface area contributed by atoms with Crippen LogP contribution in [0.4, 0.5) is 0 Å². The molecule has 1 amide bonds. The van der Waals surface area contributed by atoms with Gasteiger partial charge in [-0.1, -0.05) is 26.3 Å². The Morgan fingerprint density at radius 2 is 2.24 bits per heavy atom. The van der Waals surface area contributed by atoms with Crippen molar-refractivity contribution in [2.24, 2.45) is 11.3 Å². The van der Waals surface area contributed by atoms with E-state index in [0.29, 0.717) is 0 Å². The summed E-state index contributed by atoms with van der Waals surface area (Å²) in [4.78, 5) is 23.0. The van der Waals surface area contributed by atoms with Crippen LogP contribution in [-0.2, 0) is 9.59 Å². The van der Waals surface area contributed by atoms with Crippen molar-refractivity contribution in [1.82, 2.24) is 5.32 Å². The van der Waals surface area contributed by atoms with E-state index in [2.05, 4.69) is 25.7 Å². The molecule has 0 aromatic rings. The highest BCUT2D eigenvalue weighted by atomic mass is 16.4. The molecule has 0 bridgehead atoms. The lowest BCUT2D eigenvalue weighted by atomic mass is 9.81. The van der Waals surface area contributed by atoms with E-state index < -0.39 is 12.0 Å². The normalized spacial score (nSPS) is 24.0. The fourth-order valence-corrected chi connectivity index (χ4v) is 2.47. The van der Waals surface area contributed by atoms with E-state index in [1.807, 2.05) is 0 Å². The number of rotatable bonds is 5. The molecular formula is C13H21NO3. The van der Waals surface area contributed by atoms with Gasteiger partial charge in [0.2, 0.25) is 5.91 Å². The SMILES string of the molecule is C=CCC(NC(=O)C1CCCC1(C)C)C(=O)O. The van der Waals surface area contributed by atoms with Gasteiger partial charge in [0, 0.05) is 5.92 Å². The molecule has 2 atom stereocenters. The summed E-state index contributed by atoms with van der Waals surface area (Å²) in [6, 6.07) is -0.851. The van der Waals surface area contributed by atoms with Crippen molar-refractivity contribution < 1.29 is 14.7 Å². The Hall–Kier alpha value is -1.32. The van der Waals surface area contributed by atoms with E-state index in [9.17, 15) is 9.59 Å². The zero-order chi connectivity index (χ0) is 13.1. The number of hydrogen-bond donors (Lipinski definition) is 2. The van der Waals surface area contributed by atoms with Crippen molar-refractivity contribution in [3.63, 3.8) is 0 Å². The lowest BCUT2D eigenvalue weighted by molar-refractivity contribution is -0.143.